The fraction of sp³-hybridized carbons (Fsp3) is 0.0556. The van der Waals surface area contributed by atoms with E-state index < -0.39 is 11.1 Å². The van der Waals surface area contributed by atoms with Gasteiger partial charge in [0.1, 0.15) is 11.3 Å². The third-order valence-electron chi connectivity index (χ3n) is 3.85. The number of hydrogen-bond donors (Lipinski definition) is 2. The number of amides is 2. The summed E-state index contributed by atoms with van der Waals surface area (Å²) in [4.78, 5) is 27.4. The van der Waals surface area contributed by atoms with E-state index in [2.05, 4.69) is 10.3 Å². The van der Waals surface area contributed by atoms with Gasteiger partial charge in [0.15, 0.2) is 11.5 Å². The van der Waals surface area contributed by atoms with Crippen LogP contribution in [0.15, 0.2) is 46.0 Å². The molecule has 3 aromatic rings. The van der Waals surface area contributed by atoms with Crippen molar-refractivity contribution in [2.24, 2.45) is 0 Å². The number of rotatable bonds is 3. The Kier molecular flexibility index (Phi) is 3.89. The number of thioether (sulfide) groups is 1. The van der Waals surface area contributed by atoms with Crippen molar-refractivity contribution in [2.45, 2.75) is 0 Å². The number of phenols is 1. The molecule has 1 fully saturated rings. The number of carbonyl (C=O) groups is 2. The molecule has 0 bridgehead atoms. The van der Waals surface area contributed by atoms with Crippen LogP contribution in [0.25, 0.3) is 28.2 Å². The summed E-state index contributed by atoms with van der Waals surface area (Å²) in [6.45, 7) is 0. The fourth-order valence-electron chi connectivity index (χ4n) is 2.65. The van der Waals surface area contributed by atoms with Crippen LogP contribution < -0.4 is 10.1 Å². The monoisotopic (exact) mass is 368 g/mol. The van der Waals surface area contributed by atoms with Crippen molar-refractivity contribution in [3.8, 4) is 22.6 Å². The highest BCUT2D eigenvalue weighted by Crippen LogP contribution is 2.36. The minimum absolute atomic E-state index is 0.0372. The van der Waals surface area contributed by atoms with Crippen LogP contribution in [0.4, 0.5) is 4.79 Å². The lowest BCUT2D eigenvalue weighted by Gasteiger charge is -2.07. The molecule has 8 heteroatoms. The highest BCUT2D eigenvalue weighted by atomic mass is 32.2. The van der Waals surface area contributed by atoms with Crippen LogP contribution in [0.5, 0.6) is 11.5 Å². The Morgan fingerprint density at radius 3 is 2.85 bits per heavy atom. The van der Waals surface area contributed by atoms with Crippen molar-refractivity contribution in [3.63, 3.8) is 0 Å². The van der Waals surface area contributed by atoms with Gasteiger partial charge in [-0.05, 0) is 35.5 Å². The smallest absolute Gasteiger partial charge is 0.290 e. The number of hydrogen-bond acceptors (Lipinski definition) is 7. The number of nitrogens with one attached hydrogen (secondary N) is 1. The molecule has 26 heavy (non-hydrogen) atoms. The zero-order valence-corrected chi connectivity index (χ0v) is 14.3. The predicted molar refractivity (Wildman–Crippen MR) is 96.8 cm³/mol. The SMILES string of the molecule is COc1cc(-c2cncc3cc(C=C4SC(=O)NC4=O)oc23)ccc1O. The molecule has 1 saturated heterocycles. The van der Waals surface area contributed by atoms with E-state index in [1.165, 1.54) is 19.3 Å². The maximum atomic E-state index is 11.7. The predicted octanol–water partition coefficient (Wildman–Crippen LogP) is 3.53. The first kappa shape index (κ1) is 16.2. The Morgan fingerprint density at radius 2 is 2.12 bits per heavy atom. The second kappa shape index (κ2) is 6.23. The summed E-state index contributed by atoms with van der Waals surface area (Å²) < 4.78 is 11.0. The van der Waals surface area contributed by atoms with Crippen molar-refractivity contribution in [1.29, 1.82) is 0 Å². The van der Waals surface area contributed by atoms with Crippen LogP contribution in [-0.4, -0.2) is 28.3 Å². The van der Waals surface area contributed by atoms with E-state index in [9.17, 15) is 14.7 Å². The van der Waals surface area contributed by atoms with Crippen molar-refractivity contribution in [3.05, 3.63) is 47.3 Å². The topological polar surface area (TPSA) is 102 Å². The number of phenolic OH excluding ortho intramolecular Hbond substituents is 1. The average molecular weight is 368 g/mol. The molecule has 0 saturated carbocycles. The van der Waals surface area contributed by atoms with Gasteiger partial charge in [0.25, 0.3) is 11.1 Å². The summed E-state index contributed by atoms with van der Waals surface area (Å²) in [6, 6.07) is 6.69. The number of aromatic nitrogens is 1. The number of benzene rings is 1. The van der Waals surface area contributed by atoms with E-state index in [-0.39, 0.29) is 10.7 Å². The van der Waals surface area contributed by atoms with Crippen molar-refractivity contribution in [1.82, 2.24) is 10.3 Å². The third-order valence-corrected chi connectivity index (χ3v) is 4.66. The van der Waals surface area contributed by atoms with Gasteiger partial charge in [0.2, 0.25) is 0 Å². The fourth-order valence-corrected chi connectivity index (χ4v) is 3.32. The number of carbonyl (C=O) groups excluding carboxylic acids is 2. The summed E-state index contributed by atoms with van der Waals surface area (Å²) in [5, 5.41) is 12.3. The Balaban J connectivity index is 1.81. The third kappa shape index (κ3) is 2.80. The van der Waals surface area contributed by atoms with Crippen LogP contribution in [0, 0.1) is 0 Å². The lowest BCUT2D eigenvalue weighted by molar-refractivity contribution is -0.115. The molecular weight excluding hydrogens is 356 g/mol. The zero-order chi connectivity index (χ0) is 18.3. The molecule has 0 atom stereocenters. The van der Waals surface area contributed by atoms with Crippen molar-refractivity contribution < 1.29 is 23.8 Å². The van der Waals surface area contributed by atoms with Crippen LogP contribution in [0.1, 0.15) is 5.76 Å². The highest BCUT2D eigenvalue weighted by Gasteiger charge is 2.25. The molecule has 0 aliphatic carbocycles. The van der Waals surface area contributed by atoms with Gasteiger partial charge in [-0.2, -0.15) is 0 Å². The standard InChI is InChI=1S/C18H12N2O5S/c1-24-14-5-9(2-3-13(14)21)12-8-19-7-10-4-11(25-16(10)12)6-15-17(22)20-18(23)26-15/h2-8,21H,1H3,(H,20,22,23). The van der Waals surface area contributed by atoms with E-state index >= 15 is 0 Å². The number of fused-ring (bicyclic) bond motifs is 1. The number of ether oxygens (including phenoxy) is 1. The van der Waals surface area contributed by atoms with Gasteiger partial charge in [0.05, 0.1) is 12.0 Å². The van der Waals surface area contributed by atoms with Gasteiger partial charge < -0.3 is 14.3 Å². The van der Waals surface area contributed by atoms with Crippen LogP contribution in [0.3, 0.4) is 0 Å². The molecule has 1 aromatic carbocycles. The van der Waals surface area contributed by atoms with E-state index in [4.69, 9.17) is 9.15 Å². The molecule has 2 aromatic heterocycles. The summed E-state index contributed by atoms with van der Waals surface area (Å²) in [5.74, 6) is 0.371. The lowest BCUT2D eigenvalue weighted by Crippen LogP contribution is -2.17. The van der Waals surface area contributed by atoms with E-state index in [0.717, 1.165) is 22.7 Å². The van der Waals surface area contributed by atoms with Gasteiger partial charge in [-0.1, -0.05) is 6.07 Å². The van der Waals surface area contributed by atoms with Crippen LogP contribution >= 0.6 is 11.8 Å². The number of aromatic hydroxyl groups is 1. The van der Waals surface area contributed by atoms with Crippen LogP contribution in [-0.2, 0) is 4.79 Å². The summed E-state index contributed by atoms with van der Waals surface area (Å²) >= 11 is 0.827. The Labute approximate surface area is 151 Å². The molecule has 7 nitrogen and oxygen atoms in total. The first-order valence-corrected chi connectivity index (χ1v) is 8.36. The molecule has 1 aliphatic heterocycles. The Hall–Kier alpha value is -3.26. The van der Waals surface area contributed by atoms with Gasteiger partial charge in [0, 0.05) is 29.4 Å². The van der Waals surface area contributed by atoms with Gasteiger partial charge >= 0.3 is 0 Å². The molecule has 3 heterocycles. The molecule has 0 unspecified atom stereocenters. The quantitative estimate of drug-likeness (QED) is 0.682. The lowest BCUT2D eigenvalue weighted by atomic mass is 10.1. The van der Waals surface area contributed by atoms with Gasteiger partial charge in [-0.25, -0.2) is 0 Å². The first-order valence-electron chi connectivity index (χ1n) is 7.55. The second-order valence-electron chi connectivity index (χ2n) is 5.49. The Bertz CT molecular complexity index is 1090. The molecule has 130 valence electrons. The van der Waals surface area contributed by atoms with Crippen molar-refractivity contribution in [2.75, 3.05) is 7.11 Å². The van der Waals surface area contributed by atoms with Gasteiger partial charge in [-0.3, -0.25) is 19.9 Å². The van der Waals surface area contributed by atoms with E-state index in [0.29, 0.717) is 22.7 Å². The summed E-state index contributed by atoms with van der Waals surface area (Å²) in [6.07, 6.45) is 4.82. The second-order valence-corrected chi connectivity index (χ2v) is 6.51. The largest absolute Gasteiger partial charge is 0.504 e. The number of methoxy groups -OCH3 is 1. The Morgan fingerprint density at radius 1 is 1.27 bits per heavy atom. The molecule has 1 aliphatic rings. The van der Waals surface area contributed by atoms with Gasteiger partial charge in [-0.15, -0.1) is 0 Å². The molecule has 0 spiro atoms. The first-order chi connectivity index (χ1) is 12.5. The number of imide groups is 1. The maximum absolute atomic E-state index is 11.7. The molecule has 2 amide bonds. The molecular formula is C18H12N2O5S. The van der Waals surface area contributed by atoms with Crippen molar-refractivity contribution >= 4 is 40.0 Å². The average Bonchev–Trinajstić information content (AvgIpc) is 3.17. The number of nitrogens with zero attached hydrogens (tertiary/aromatic N) is 1. The van der Waals surface area contributed by atoms with E-state index in [1.54, 1.807) is 30.6 Å². The van der Waals surface area contributed by atoms with Crippen LogP contribution in [0.2, 0.25) is 0 Å². The zero-order valence-electron chi connectivity index (χ0n) is 13.5. The molecule has 0 radical (unpaired) electrons. The highest BCUT2D eigenvalue weighted by molar-refractivity contribution is 8.18. The number of pyridine rings is 1. The molecule has 2 N–H and O–H groups in total. The van der Waals surface area contributed by atoms with E-state index in [1.807, 2.05) is 0 Å². The summed E-state index contributed by atoms with van der Waals surface area (Å²) in [7, 11) is 1.47. The minimum Gasteiger partial charge on any atom is -0.504 e. The summed E-state index contributed by atoms with van der Waals surface area (Å²) in [5.41, 5.74) is 2.05. The minimum atomic E-state index is -0.443. The normalized spacial score (nSPS) is 15.7. The molecule has 4 rings (SSSR count). The maximum Gasteiger partial charge on any atom is 0.290 e. The number of furan rings is 1.